The normalized spacial score (nSPS) is 17.4. The molecule has 1 aromatic rings. The first-order valence-electron chi connectivity index (χ1n) is 7.71. The zero-order chi connectivity index (χ0) is 16.3. The molecule has 1 aromatic carbocycles. The number of carbonyl (C=O) groups excluding carboxylic acids is 1. The Morgan fingerprint density at radius 3 is 2.45 bits per heavy atom. The predicted molar refractivity (Wildman–Crippen MR) is 86.1 cm³/mol. The van der Waals surface area contributed by atoms with Crippen LogP contribution in [0.3, 0.4) is 0 Å². The number of nitrogens with one attached hydrogen (secondary N) is 1. The third kappa shape index (κ3) is 3.50. The minimum atomic E-state index is -3.47. The summed E-state index contributed by atoms with van der Waals surface area (Å²) in [7, 11) is -3.47. The van der Waals surface area contributed by atoms with E-state index >= 15 is 0 Å². The van der Waals surface area contributed by atoms with Crippen LogP contribution in [0.2, 0.25) is 0 Å². The Balaban J connectivity index is 2.11. The van der Waals surface area contributed by atoms with E-state index in [0.717, 1.165) is 11.1 Å². The van der Waals surface area contributed by atoms with E-state index in [4.69, 9.17) is 0 Å². The lowest BCUT2D eigenvalue weighted by molar-refractivity contribution is -0.126. The Bertz CT molecular complexity index is 647. The van der Waals surface area contributed by atoms with Crippen molar-refractivity contribution in [2.24, 2.45) is 5.92 Å². The van der Waals surface area contributed by atoms with Gasteiger partial charge in [0.15, 0.2) is 0 Å². The topological polar surface area (TPSA) is 66.5 Å². The molecule has 22 heavy (non-hydrogen) atoms. The molecule has 1 aliphatic rings. The van der Waals surface area contributed by atoms with E-state index in [0.29, 0.717) is 37.4 Å². The lowest BCUT2D eigenvalue weighted by Crippen LogP contribution is -2.43. The van der Waals surface area contributed by atoms with Crippen LogP contribution in [0.15, 0.2) is 23.1 Å². The highest BCUT2D eigenvalue weighted by atomic mass is 32.2. The largest absolute Gasteiger partial charge is 0.356 e. The molecule has 0 atom stereocenters. The van der Waals surface area contributed by atoms with E-state index in [1.165, 1.54) is 4.31 Å². The van der Waals surface area contributed by atoms with Crippen molar-refractivity contribution in [3.8, 4) is 0 Å². The van der Waals surface area contributed by atoms with Crippen molar-refractivity contribution < 1.29 is 13.2 Å². The summed E-state index contributed by atoms with van der Waals surface area (Å²) in [6, 6.07) is 5.38. The molecule has 1 fully saturated rings. The number of hydrogen-bond acceptors (Lipinski definition) is 3. The molecule has 5 nitrogen and oxygen atoms in total. The molecule has 0 unspecified atom stereocenters. The van der Waals surface area contributed by atoms with Gasteiger partial charge in [0.1, 0.15) is 0 Å². The number of amides is 1. The second-order valence-electron chi connectivity index (χ2n) is 5.84. The summed E-state index contributed by atoms with van der Waals surface area (Å²) in [5, 5.41) is 2.81. The molecular weight excluding hydrogens is 300 g/mol. The third-order valence-electron chi connectivity index (χ3n) is 4.12. The number of benzene rings is 1. The molecule has 0 aliphatic carbocycles. The second kappa shape index (κ2) is 6.79. The summed E-state index contributed by atoms with van der Waals surface area (Å²) >= 11 is 0. The van der Waals surface area contributed by atoms with E-state index in [-0.39, 0.29) is 11.8 Å². The summed E-state index contributed by atoms with van der Waals surface area (Å²) in [5.74, 6) is -0.0448. The molecule has 1 aliphatic heterocycles. The maximum atomic E-state index is 12.7. The summed E-state index contributed by atoms with van der Waals surface area (Å²) < 4.78 is 27.0. The van der Waals surface area contributed by atoms with Gasteiger partial charge in [-0.3, -0.25) is 4.79 Å². The molecule has 0 aromatic heterocycles. The van der Waals surface area contributed by atoms with Gasteiger partial charge in [-0.2, -0.15) is 4.31 Å². The summed E-state index contributed by atoms with van der Waals surface area (Å²) in [5.41, 5.74) is 1.82. The Labute approximate surface area is 132 Å². The fraction of sp³-hybridized carbons (Fsp3) is 0.562. The van der Waals surface area contributed by atoms with E-state index in [2.05, 4.69) is 5.32 Å². The fourth-order valence-corrected chi connectivity index (χ4v) is 4.58. The molecule has 6 heteroatoms. The highest BCUT2D eigenvalue weighted by molar-refractivity contribution is 7.89. The van der Waals surface area contributed by atoms with Crippen LogP contribution in [-0.4, -0.2) is 38.3 Å². The minimum absolute atomic E-state index is 0.0334. The number of nitrogens with zero attached hydrogens (tertiary/aromatic N) is 1. The summed E-state index contributed by atoms with van der Waals surface area (Å²) in [6.45, 7) is 7.06. The Hall–Kier alpha value is -1.40. The first-order valence-corrected chi connectivity index (χ1v) is 9.15. The van der Waals surface area contributed by atoms with Gasteiger partial charge in [0, 0.05) is 25.6 Å². The molecular formula is C16H24N2O3S. The molecule has 0 spiro atoms. The van der Waals surface area contributed by atoms with Crippen LogP contribution >= 0.6 is 0 Å². The number of rotatable bonds is 4. The molecule has 2 rings (SSSR count). The van der Waals surface area contributed by atoms with Crippen molar-refractivity contribution in [3.05, 3.63) is 29.3 Å². The van der Waals surface area contributed by atoms with Gasteiger partial charge >= 0.3 is 0 Å². The lowest BCUT2D eigenvalue weighted by Gasteiger charge is -2.30. The van der Waals surface area contributed by atoms with E-state index in [1.54, 1.807) is 6.07 Å². The molecule has 0 radical (unpaired) electrons. The van der Waals surface area contributed by atoms with Crippen molar-refractivity contribution in [1.29, 1.82) is 0 Å². The van der Waals surface area contributed by atoms with E-state index in [9.17, 15) is 13.2 Å². The van der Waals surface area contributed by atoms with Gasteiger partial charge in [-0.15, -0.1) is 0 Å². The Morgan fingerprint density at radius 1 is 1.27 bits per heavy atom. The van der Waals surface area contributed by atoms with Crippen molar-refractivity contribution in [2.75, 3.05) is 19.6 Å². The third-order valence-corrected chi connectivity index (χ3v) is 6.18. The zero-order valence-electron chi connectivity index (χ0n) is 13.4. The van der Waals surface area contributed by atoms with E-state index < -0.39 is 10.0 Å². The van der Waals surface area contributed by atoms with Gasteiger partial charge in [0.05, 0.1) is 4.90 Å². The maximum Gasteiger partial charge on any atom is 0.243 e. The second-order valence-corrected chi connectivity index (χ2v) is 7.75. The molecule has 1 N–H and O–H groups in total. The quantitative estimate of drug-likeness (QED) is 0.919. The molecule has 122 valence electrons. The van der Waals surface area contributed by atoms with Crippen LogP contribution in [0.5, 0.6) is 0 Å². The van der Waals surface area contributed by atoms with Crippen LogP contribution in [0.25, 0.3) is 0 Å². The van der Waals surface area contributed by atoms with Crippen LogP contribution < -0.4 is 5.32 Å². The number of aryl methyl sites for hydroxylation is 2. The van der Waals surface area contributed by atoms with Crippen molar-refractivity contribution in [2.45, 2.75) is 38.5 Å². The van der Waals surface area contributed by atoms with Gasteiger partial charge in [-0.25, -0.2) is 8.42 Å². The molecule has 1 heterocycles. The zero-order valence-corrected chi connectivity index (χ0v) is 14.2. The Kier molecular flexibility index (Phi) is 5.24. The lowest BCUT2D eigenvalue weighted by atomic mass is 9.97. The predicted octanol–water partition coefficient (Wildman–Crippen LogP) is 1.84. The standard InChI is InChI=1S/C16H24N2O3S/c1-4-17-16(19)14-7-9-18(10-8-14)22(20,21)15-6-5-12(2)11-13(15)3/h5-6,11,14H,4,7-10H2,1-3H3,(H,17,19). The SMILES string of the molecule is CCNC(=O)C1CCN(S(=O)(=O)c2ccc(C)cc2C)CC1. The van der Waals surface area contributed by atoms with Gasteiger partial charge in [-0.05, 0) is 45.2 Å². The van der Waals surface area contributed by atoms with Gasteiger partial charge < -0.3 is 5.32 Å². The van der Waals surface area contributed by atoms with Gasteiger partial charge in [-0.1, -0.05) is 17.7 Å². The fourth-order valence-electron chi connectivity index (χ4n) is 2.90. The molecule has 1 saturated heterocycles. The van der Waals surface area contributed by atoms with Crippen molar-refractivity contribution >= 4 is 15.9 Å². The van der Waals surface area contributed by atoms with Crippen LogP contribution in [0.1, 0.15) is 30.9 Å². The number of carbonyl (C=O) groups is 1. The highest BCUT2D eigenvalue weighted by Crippen LogP contribution is 2.26. The number of sulfonamides is 1. The van der Waals surface area contributed by atoms with Gasteiger partial charge in [0.2, 0.25) is 15.9 Å². The average molecular weight is 324 g/mol. The smallest absolute Gasteiger partial charge is 0.243 e. The first kappa shape index (κ1) is 17.0. The number of piperidine rings is 1. The van der Waals surface area contributed by atoms with Crippen molar-refractivity contribution in [1.82, 2.24) is 9.62 Å². The van der Waals surface area contributed by atoms with Crippen LogP contribution in [-0.2, 0) is 14.8 Å². The first-order chi connectivity index (χ1) is 10.4. The average Bonchev–Trinajstić information content (AvgIpc) is 2.47. The monoisotopic (exact) mass is 324 g/mol. The minimum Gasteiger partial charge on any atom is -0.356 e. The highest BCUT2D eigenvalue weighted by Gasteiger charge is 2.32. The Morgan fingerprint density at radius 2 is 1.91 bits per heavy atom. The van der Waals surface area contributed by atoms with E-state index in [1.807, 2.05) is 32.9 Å². The summed E-state index contributed by atoms with van der Waals surface area (Å²) in [4.78, 5) is 12.2. The van der Waals surface area contributed by atoms with Crippen LogP contribution in [0, 0.1) is 19.8 Å². The van der Waals surface area contributed by atoms with Gasteiger partial charge in [0.25, 0.3) is 0 Å². The summed E-state index contributed by atoms with van der Waals surface area (Å²) in [6.07, 6.45) is 1.16. The van der Waals surface area contributed by atoms with Crippen LogP contribution in [0.4, 0.5) is 0 Å². The number of hydrogen-bond donors (Lipinski definition) is 1. The molecule has 0 bridgehead atoms. The molecule has 1 amide bonds. The van der Waals surface area contributed by atoms with Crippen molar-refractivity contribution in [3.63, 3.8) is 0 Å². The maximum absolute atomic E-state index is 12.7. The molecule has 0 saturated carbocycles.